The summed E-state index contributed by atoms with van der Waals surface area (Å²) in [4.78, 5) is 0. The first-order valence-electron chi connectivity index (χ1n) is 9.48. The Bertz CT molecular complexity index is 715. The van der Waals surface area contributed by atoms with Gasteiger partial charge in [-0.25, -0.2) is 0 Å². The van der Waals surface area contributed by atoms with Crippen LogP contribution in [-0.4, -0.2) is 16.6 Å². The molecule has 0 aliphatic heterocycles. The molecular weight excluding hydrogens is 336 g/mol. The molecule has 130 valence electrons. The third kappa shape index (κ3) is 3.09. The number of hydrogen-bond donors (Lipinski definition) is 0. The Morgan fingerprint density at radius 2 is 1.32 bits per heavy atom. The van der Waals surface area contributed by atoms with Crippen molar-refractivity contribution in [3.8, 4) is 0 Å². The Balaban J connectivity index is 1.71. The number of hydrogen-bond acceptors (Lipinski definition) is 1. The SMILES string of the molecule is C[Si](O[Si](C)(C)C1CC2C=CC1C2)(c1ccccc1)c1ccccc1. The first-order chi connectivity index (χ1) is 12.0. The van der Waals surface area contributed by atoms with Crippen molar-refractivity contribution in [3.05, 3.63) is 72.8 Å². The Labute approximate surface area is 154 Å². The highest BCUT2D eigenvalue weighted by molar-refractivity contribution is 7.01. The van der Waals surface area contributed by atoms with Crippen LogP contribution in [0.15, 0.2) is 72.8 Å². The van der Waals surface area contributed by atoms with E-state index >= 15 is 0 Å². The molecule has 0 heterocycles. The van der Waals surface area contributed by atoms with Gasteiger partial charge in [-0.05, 0) is 60.2 Å². The summed E-state index contributed by atoms with van der Waals surface area (Å²) in [6.45, 7) is 7.32. The van der Waals surface area contributed by atoms with Crippen LogP contribution >= 0.6 is 0 Å². The van der Waals surface area contributed by atoms with Crippen molar-refractivity contribution in [2.75, 3.05) is 0 Å². The molecule has 2 aromatic rings. The second-order valence-corrected chi connectivity index (χ2v) is 16.3. The van der Waals surface area contributed by atoms with Crippen molar-refractivity contribution in [3.63, 3.8) is 0 Å². The standard InChI is InChI=1S/C22H28OSi2/c1-24(2,22-17-18-14-15-19(22)16-18)23-25(3,20-10-6-4-7-11-20)21-12-8-5-9-13-21/h4-15,18-19,22H,16-17H2,1-3H3. The van der Waals surface area contributed by atoms with E-state index in [4.69, 9.17) is 4.12 Å². The van der Waals surface area contributed by atoms with Crippen molar-refractivity contribution >= 4 is 27.0 Å². The van der Waals surface area contributed by atoms with Crippen LogP contribution in [0.4, 0.5) is 0 Å². The fourth-order valence-corrected chi connectivity index (χ4v) is 14.9. The van der Waals surface area contributed by atoms with Crippen LogP contribution < -0.4 is 10.4 Å². The molecule has 2 aromatic carbocycles. The number of benzene rings is 2. The van der Waals surface area contributed by atoms with E-state index in [0.29, 0.717) is 0 Å². The topological polar surface area (TPSA) is 9.23 Å². The molecule has 2 aliphatic carbocycles. The Morgan fingerprint density at radius 3 is 1.76 bits per heavy atom. The fourth-order valence-electron chi connectivity index (χ4n) is 4.98. The minimum Gasteiger partial charge on any atom is -0.449 e. The van der Waals surface area contributed by atoms with Crippen LogP contribution in [0.5, 0.6) is 0 Å². The predicted octanol–water partition coefficient (Wildman–Crippen LogP) is 4.56. The zero-order valence-electron chi connectivity index (χ0n) is 15.5. The maximum atomic E-state index is 7.28. The number of rotatable bonds is 5. The minimum absolute atomic E-state index is 0.761. The molecule has 4 rings (SSSR count). The van der Waals surface area contributed by atoms with E-state index in [1.165, 1.54) is 23.2 Å². The molecule has 0 spiro atoms. The van der Waals surface area contributed by atoms with Crippen molar-refractivity contribution in [1.29, 1.82) is 0 Å². The van der Waals surface area contributed by atoms with Gasteiger partial charge in [0, 0.05) is 0 Å². The van der Waals surface area contributed by atoms with Gasteiger partial charge in [-0.3, -0.25) is 0 Å². The zero-order valence-corrected chi connectivity index (χ0v) is 17.5. The summed E-state index contributed by atoms with van der Waals surface area (Å²) in [6.07, 6.45) is 7.62. The molecular formula is C22H28OSi2. The summed E-state index contributed by atoms with van der Waals surface area (Å²) in [5.41, 5.74) is 0.766. The van der Waals surface area contributed by atoms with Gasteiger partial charge in [-0.2, -0.15) is 0 Å². The van der Waals surface area contributed by atoms with Gasteiger partial charge in [0.15, 0.2) is 8.32 Å². The molecule has 0 amide bonds. The van der Waals surface area contributed by atoms with Gasteiger partial charge >= 0.3 is 0 Å². The largest absolute Gasteiger partial charge is 0.449 e. The third-order valence-corrected chi connectivity index (χ3v) is 15.3. The average molecular weight is 365 g/mol. The van der Waals surface area contributed by atoms with Gasteiger partial charge < -0.3 is 4.12 Å². The van der Waals surface area contributed by atoms with E-state index in [1.807, 2.05) is 0 Å². The van der Waals surface area contributed by atoms with E-state index in [2.05, 4.69) is 92.5 Å². The first kappa shape index (κ1) is 17.0. The Kier molecular flexibility index (Phi) is 4.34. The first-order valence-corrected chi connectivity index (χ1v) is 14.9. The van der Waals surface area contributed by atoms with E-state index in [1.54, 1.807) is 0 Å². The lowest BCUT2D eigenvalue weighted by atomic mass is 10.1. The summed E-state index contributed by atoms with van der Waals surface area (Å²) in [7, 11) is -4.01. The molecule has 0 aromatic heterocycles. The van der Waals surface area contributed by atoms with Crippen LogP contribution in [0, 0.1) is 11.8 Å². The van der Waals surface area contributed by atoms with Gasteiger partial charge in [0.1, 0.15) is 0 Å². The summed E-state index contributed by atoms with van der Waals surface area (Å²) in [5, 5.41) is 2.78. The molecule has 0 N–H and O–H groups in total. The molecule has 1 saturated carbocycles. The molecule has 1 nitrogen and oxygen atoms in total. The Hall–Kier alpha value is -1.43. The second kappa shape index (κ2) is 6.38. The van der Waals surface area contributed by atoms with Gasteiger partial charge in [0.05, 0.1) is 0 Å². The van der Waals surface area contributed by atoms with Crippen LogP contribution in [0.3, 0.4) is 0 Å². The van der Waals surface area contributed by atoms with Crippen molar-refractivity contribution in [2.45, 2.75) is 38.0 Å². The molecule has 0 saturated heterocycles. The molecule has 3 heteroatoms. The zero-order chi connectivity index (χ0) is 17.5. The van der Waals surface area contributed by atoms with Crippen LogP contribution in [0.1, 0.15) is 12.8 Å². The number of allylic oxidation sites excluding steroid dienone is 2. The van der Waals surface area contributed by atoms with E-state index in [-0.39, 0.29) is 0 Å². The molecule has 2 bridgehead atoms. The van der Waals surface area contributed by atoms with E-state index in [9.17, 15) is 0 Å². The van der Waals surface area contributed by atoms with Crippen LogP contribution in [0.25, 0.3) is 0 Å². The average Bonchev–Trinajstić information content (AvgIpc) is 3.27. The van der Waals surface area contributed by atoms with Gasteiger partial charge in [-0.1, -0.05) is 72.8 Å². The summed E-state index contributed by atoms with van der Waals surface area (Å²) < 4.78 is 7.28. The molecule has 1 fully saturated rings. The molecule has 0 radical (unpaired) electrons. The summed E-state index contributed by atoms with van der Waals surface area (Å²) >= 11 is 0. The highest BCUT2D eigenvalue weighted by Gasteiger charge is 2.50. The molecule has 3 atom stereocenters. The third-order valence-electron chi connectivity index (χ3n) is 6.29. The van der Waals surface area contributed by atoms with Gasteiger partial charge in [-0.15, -0.1) is 0 Å². The minimum atomic E-state index is -2.19. The van der Waals surface area contributed by atoms with Crippen LogP contribution in [0.2, 0.25) is 25.2 Å². The monoisotopic (exact) mass is 364 g/mol. The smallest absolute Gasteiger partial charge is 0.241 e. The van der Waals surface area contributed by atoms with E-state index < -0.39 is 16.6 Å². The fraction of sp³-hybridized carbons (Fsp3) is 0.364. The number of fused-ring (bicyclic) bond motifs is 2. The van der Waals surface area contributed by atoms with Crippen LogP contribution in [-0.2, 0) is 4.12 Å². The summed E-state index contributed by atoms with van der Waals surface area (Å²) in [6, 6.07) is 21.9. The van der Waals surface area contributed by atoms with Crippen molar-refractivity contribution in [2.24, 2.45) is 11.8 Å². The molecule has 2 aliphatic rings. The molecule has 3 unspecified atom stereocenters. The van der Waals surface area contributed by atoms with Crippen molar-refractivity contribution in [1.82, 2.24) is 0 Å². The highest BCUT2D eigenvalue weighted by atomic mass is 28.4. The van der Waals surface area contributed by atoms with Gasteiger partial charge in [0.2, 0.25) is 8.32 Å². The predicted molar refractivity (Wildman–Crippen MR) is 111 cm³/mol. The normalized spacial score (nSPS) is 25.5. The lowest BCUT2D eigenvalue weighted by molar-refractivity contribution is 0.506. The summed E-state index contributed by atoms with van der Waals surface area (Å²) in [5.74, 6) is 1.57. The second-order valence-electron chi connectivity index (χ2n) is 8.36. The van der Waals surface area contributed by atoms with Crippen molar-refractivity contribution < 1.29 is 4.12 Å². The Morgan fingerprint density at radius 1 is 0.760 bits per heavy atom. The highest BCUT2D eigenvalue weighted by Crippen LogP contribution is 2.52. The lowest BCUT2D eigenvalue weighted by Gasteiger charge is -2.42. The maximum Gasteiger partial charge on any atom is 0.241 e. The maximum absolute atomic E-state index is 7.28. The molecule has 25 heavy (non-hydrogen) atoms. The lowest BCUT2D eigenvalue weighted by Crippen LogP contribution is -2.64. The van der Waals surface area contributed by atoms with Gasteiger partial charge in [0.25, 0.3) is 0 Å². The quantitative estimate of drug-likeness (QED) is 0.558. The van der Waals surface area contributed by atoms with E-state index in [0.717, 1.165) is 17.4 Å².